The molecule has 0 saturated carbocycles. The lowest BCUT2D eigenvalue weighted by molar-refractivity contribution is -0.142. The molecular formula is C14H18FNO5. The second kappa shape index (κ2) is 7.58. The van der Waals surface area contributed by atoms with Crippen molar-refractivity contribution in [3.63, 3.8) is 0 Å². The molecule has 0 radical (unpaired) electrons. The molecule has 0 heterocycles. The molecule has 0 fully saturated rings. The zero-order chi connectivity index (χ0) is 15.9. The van der Waals surface area contributed by atoms with Crippen molar-refractivity contribution in [1.82, 2.24) is 5.32 Å². The molecule has 0 spiro atoms. The van der Waals surface area contributed by atoms with E-state index < -0.39 is 29.7 Å². The molecule has 0 aliphatic carbocycles. The summed E-state index contributed by atoms with van der Waals surface area (Å²) in [6.07, 6.45) is -0.503. The van der Waals surface area contributed by atoms with Gasteiger partial charge in [0.1, 0.15) is 0 Å². The summed E-state index contributed by atoms with van der Waals surface area (Å²) < 4.78 is 18.3. The van der Waals surface area contributed by atoms with Crippen LogP contribution in [0.25, 0.3) is 0 Å². The third-order valence-electron chi connectivity index (χ3n) is 2.62. The molecular weight excluding hydrogens is 281 g/mol. The molecule has 0 aliphatic heterocycles. The number of aliphatic carboxylic acids is 1. The highest BCUT2D eigenvalue weighted by atomic mass is 19.1. The van der Waals surface area contributed by atoms with Crippen LogP contribution in [0.1, 0.15) is 19.8 Å². The number of amides is 1. The molecule has 6 nitrogen and oxygen atoms in total. The fourth-order valence-electron chi connectivity index (χ4n) is 1.58. The summed E-state index contributed by atoms with van der Waals surface area (Å²) in [7, 11) is 0. The molecule has 0 bridgehead atoms. The molecule has 0 saturated heterocycles. The Labute approximate surface area is 121 Å². The van der Waals surface area contributed by atoms with Crippen LogP contribution in [0, 0.1) is 5.82 Å². The van der Waals surface area contributed by atoms with Crippen molar-refractivity contribution < 1.29 is 28.9 Å². The molecule has 7 heteroatoms. The van der Waals surface area contributed by atoms with Crippen LogP contribution in [0.4, 0.5) is 4.39 Å². The molecule has 0 aromatic heterocycles. The number of ether oxygens (including phenoxy) is 1. The summed E-state index contributed by atoms with van der Waals surface area (Å²) in [5, 5.41) is 20.7. The monoisotopic (exact) mass is 299 g/mol. The largest absolute Gasteiger partial charge is 0.490 e. The highest BCUT2D eigenvalue weighted by molar-refractivity contribution is 5.76. The van der Waals surface area contributed by atoms with Gasteiger partial charge in [0.25, 0.3) is 0 Å². The van der Waals surface area contributed by atoms with Crippen LogP contribution in [0.3, 0.4) is 0 Å². The Kier molecular flexibility index (Phi) is 6.10. The number of carbonyl (C=O) groups is 2. The second-order valence-corrected chi connectivity index (χ2v) is 4.87. The lowest BCUT2D eigenvalue weighted by atomic mass is 10.0. The van der Waals surface area contributed by atoms with E-state index in [1.807, 2.05) is 0 Å². The standard InChI is InChI=1S/C14H18FNO5/c1-14(20,8-13(18)19)9-16-12(17)6-7-21-11-5-3-2-4-10(11)15/h2-5,20H,6-9H2,1H3,(H,16,17)(H,18,19). The maximum Gasteiger partial charge on any atom is 0.306 e. The van der Waals surface area contributed by atoms with Crippen LogP contribution in [0.2, 0.25) is 0 Å². The van der Waals surface area contributed by atoms with Crippen LogP contribution in [-0.4, -0.2) is 40.8 Å². The number of carboxylic acid groups (broad SMARTS) is 1. The van der Waals surface area contributed by atoms with Crippen LogP contribution in [-0.2, 0) is 9.59 Å². The minimum atomic E-state index is -1.52. The molecule has 116 valence electrons. The van der Waals surface area contributed by atoms with Gasteiger partial charge in [-0.05, 0) is 19.1 Å². The van der Waals surface area contributed by atoms with E-state index in [9.17, 15) is 19.1 Å². The van der Waals surface area contributed by atoms with E-state index in [1.54, 1.807) is 6.07 Å². The van der Waals surface area contributed by atoms with Gasteiger partial charge in [-0.1, -0.05) is 12.1 Å². The highest BCUT2D eigenvalue weighted by Gasteiger charge is 2.24. The molecule has 21 heavy (non-hydrogen) atoms. The third kappa shape index (κ3) is 6.71. The van der Waals surface area contributed by atoms with E-state index in [1.165, 1.54) is 25.1 Å². The maximum atomic E-state index is 13.2. The van der Waals surface area contributed by atoms with E-state index in [4.69, 9.17) is 9.84 Å². The van der Waals surface area contributed by atoms with E-state index >= 15 is 0 Å². The Hall–Kier alpha value is -2.15. The SMILES string of the molecule is CC(O)(CNC(=O)CCOc1ccccc1F)CC(=O)O. The minimum absolute atomic E-state index is 0.0200. The van der Waals surface area contributed by atoms with Gasteiger partial charge in [-0.3, -0.25) is 9.59 Å². The Bertz CT molecular complexity index is 504. The summed E-state index contributed by atoms with van der Waals surface area (Å²) in [6, 6.07) is 5.84. The van der Waals surface area contributed by atoms with Crippen molar-refractivity contribution in [2.24, 2.45) is 0 Å². The van der Waals surface area contributed by atoms with Crippen LogP contribution in [0.15, 0.2) is 24.3 Å². The third-order valence-corrected chi connectivity index (χ3v) is 2.62. The first kappa shape index (κ1) is 16.9. The number of rotatable bonds is 8. The Morgan fingerprint density at radius 2 is 2.05 bits per heavy atom. The average Bonchev–Trinajstić information content (AvgIpc) is 2.37. The van der Waals surface area contributed by atoms with Crippen molar-refractivity contribution in [1.29, 1.82) is 0 Å². The lowest BCUT2D eigenvalue weighted by Gasteiger charge is -2.21. The summed E-state index contributed by atoms with van der Waals surface area (Å²) in [4.78, 5) is 22.0. The number of benzene rings is 1. The smallest absolute Gasteiger partial charge is 0.306 e. The fraction of sp³-hybridized carbons (Fsp3) is 0.429. The summed E-state index contributed by atoms with van der Waals surface area (Å²) >= 11 is 0. The molecule has 1 aromatic carbocycles. The number of para-hydroxylation sites is 1. The summed E-state index contributed by atoms with van der Waals surface area (Å²) in [5.74, 6) is -2.03. The molecule has 1 unspecified atom stereocenters. The minimum Gasteiger partial charge on any atom is -0.490 e. The van der Waals surface area contributed by atoms with Crippen molar-refractivity contribution >= 4 is 11.9 Å². The molecule has 0 aliphatic rings. The van der Waals surface area contributed by atoms with Crippen LogP contribution >= 0.6 is 0 Å². The van der Waals surface area contributed by atoms with Gasteiger partial charge in [0.15, 0.2) is 11.6 Å². The predicted molar refractivity (Wildman–Crippen MR) is 72.4 cm³/mol. The topological polar surface area (TPSA) is 95.9 Å². The van der Waals surface area contributed by atoms with Gasteiger partial charge in [0, 0.05) is 6.54 Å². The molecule has 1 aromatic rings. The first-order valence-corrected chi connectivity index (χ1v) is 6.38. The first-order chi connectivity index (χ1) is 9.80. The number of aliphatic hydroxyl groups is 1. The van der Waals surface area contributed by atoms with E-state index in [-0.39, 0.29) is 25.3 Å². The van der Waals surface area contributed by atoms with Crippen LogP contribution < -0.4 is 10.1 Å². The fourth-order valence-corrected chi connectivity index (χ4v) is 1.58. The van der Waals surface area contributed by atoms with Gasteiger partial charge in [-0.15, -0.1) is 0 Å². The maximum absolute atomic E-state index is 13.2. The zero-order valence-electron chi connectivity index (χ0n) is 11.6. The number of carboxylic acids is 1. The van der Waals surface area contributed by atoms with Crippen molar-refractivity contribution in [2.75, 3.05) is 13.2 Å². The van der Waals surface area contributed by atoms with E-state index in [0.717, 1.165) is 0 Å². The quantitative estimate of drug-likeness (QED) is 0.664. The predicted octanol–water partition coefficient (Wildman–Crippen LogP) is 0.936. The zero-order valence-corrected chi connectivity index (χ0v) is 11.6. The Morgan fingerprint density at radius 3 is 2.67 bits per heavy atom. The van der Waals surface area contributed by atoms with Crippen molar-refractivity contribution in [2.45, 2.75) is 25.4 Å². The van der Waals surface area contributed by atoms with Gasteiger partial charge in [0.05, 0.1) is 25.0 Å². The summed E-state index contributed by atoms with van der Waals surface area (Å²) in [5.41, 5.74) is -1.52. The lowest BCUT2D eigenvalue weighted by Crippen LogP contribution is -2.42. The van der Waals surface area contributed by atoms with Crippen LogP contribution in [0.5, 0.6) is 5.75 Å². The summed E-state index contributed by atoms with van der Waals surface area (Å²) in [6.45, 7) is 1.11. The average molecular weight is 299 g/mol. The molecule has 1 rings (SSSR count). The number of hydrogen-bond acceptors (Lipinski definition) is 4. The second-order valence-electron chi connectivity index (χ2n) is 4.87. The van der Waals surface area contributed by atoms with Crippen molar-refractivity contribution in [3.05, 3.63) is 30.1 Å². The Morgan fingerprint density at radius 1 is 1.38 bits per heavy atom. The molecule has 1 atom stereocenters. The van der Waals surface area contributed by atoms with E-state index in [0.29, 0.717) is 0 Å². The van der Waals surface area contributed by atoms with Gasteiger partial charge in [0.2, 0.25) is 5.91 Å². The van der Waals surface area contributed by atoms with Gasteiger partial charge >= 0.3 is 5.97 Å². The molecule has 1 amide bonds. The van der Waals surface area contributed by atoms with Gasteiger partial charge in [-0.25, -0.2) is 4.39 Å². The number of nitrogens with one attached hydrogen (secondary N) is 1. The Balaban J connectivity index is 2.29. The van der Waals surface area contributed by atoms with E-state index in [2.05, 4.69) is 5.32 Å². The molecule has 3 N–H and O–H groups in total. The number of carbonyl (C=O) groups excluding carboxylic acids is 1. The van der Waals surface area contributed by atoms with Gasteiger partial charge < -0.3 is 20.3 Å². The first-order valence-electron chi connectivity index (χ1n) is 6.38. The van der Waals surface area contributed by atoms with Gasteiger partial charge in [-0.2, -0.15) is 0 Å². The normalized spacial score (nSPS) is 13.3. The number of hydrogen-bond donors (Lipinski definition) is 3. The number of halogens is 1. The van der Waals surface area contributed by atoms with Crippen molar-refractivity contribution in [3.8, 4) is 5.75 Å². The highest BCUT2D eigenvalue weighted by Crippen LogP contribution is 2.15.